The summed E-state index contributed by atoms with van der Waals surface area (Å²) in [5.41, 5.74) is 2.74. The number of Topliss-reactive ketones (excluding diaryl/α,β-unsaturated/α-hetero) is 1. The summed E-state index contributed by atoms with van der Waals surface area (Å²) in [5.74, 6) is -1.16. The molecule has 0 bridgehead atoms. The predicted molar refractivity (Wildman–Crippen MR) is 64.7 cm³/mol. The topological polar surface area (TPSA) is 56.0 Å². The molecule has 0 aliphatic heterocycles. The second-order valence-electron chi connectivity index (χ2n) is 4.44. The second-order valence-corrected chi connectivity index (χ2v) is 4.44. The largest absolute Gasteiger partial charge is 0.413 e. The Bertz CT molecular complexity index is 635. The van der Waals surface area contributed by atoms with Gasteiger partial charge < -0.3 is 5.73 Å². The van der Waals surface area contributed by atoms with Crippen LogP contribution in [0.4, 0.5) is 13.2 Å². The Morgan fingerprint density at radius 3 is 2.58 bits per heavy atom. The summed E-state index contributed by atoms with van der Waals surface area (Å²) in [6.07, 6.45) is -3.24. The molecule has 19 heavy (non-hydrogen) atoms. The van der Waals surface area contributed by atoms with Crippen molar-refractivity contribution in [3.8, 4) is 0 Å². The molecule has 1 unspecified atom stereocenters. The fraction of sp³-hybridized carbons (Fsp3) is 0.231. The Balaban J connectivity index is 2.48. The highest BCUT2D eigenvalue weighted by molar-refractivity contribution is 6.05. The van der Waals surface area contributed by atoms with Gasteiger partial charge in [0.2, 0.25) is 0 Å². The molecule has 0 saturated carbocycles. The van der Waals surface area contributed by atoms with Crippen LogP contribution in [0.3, 0.4) is 0 Å². The number of ketones is 1. The molecule has 0 aliphatic carbocycles. The van der Waals surface area contributed by atoms with Crippen molar-refractivity contribution in [3.05, 3.63) is 42.1 Å². The van der Waals surface area contributed by atoms with Crippen LogP contribution in [0.25, 0.3) is 10.9 Å². The highest BCUT2D eigenvalue weighted by Gasteiger charge is 2.53. The van der Waals surface area contributed by atoms with E-state index in [0.29, 0.717) is 17.8 Å². The number of hydrogen-bond acceptors (Lipinski definition) is 3. The van der Waals surface area contributed by atoms with Crippen LogP contribution in [-0.2, 0) is 0 Å². The molecule has 6 heteroatoms. The first-order chi connectivity index (χ1) is 8.73. The highest BCUT2D eigenvalue weighted by Crippen LogP contribution is 2.31. The summed E-state index contributed by atoms with van der Waals surface area (Å²) < 4.78 is 38.2. The van der Waals surface area contributed by atoms with E-state index in [1.807, 2.05) is 0 Å². The lowest BCUT2D eigenvalue weighted by Crippen LogP contribution is -2.57. The van der Waals surface area contributed by atoms with Crippen molar-refractivity contribution in [2.75, 3.05) is 0 Å². The van der Waals surface area contributed by atoms with E-state index in [1.54, 1.807) is 18.3 Å². The Labute approximate surface area is 107 Å². The second kappa shape index (κ2) is 4.31. The minimum Gasteiger partial charge on any atom is -0.311 e. The molecule has 0 aliphatic rings. The van der Waals surface area contributed by atoms with Crippen LogP contribution in [0, 0.1) is 0 Å². The van der Waals surface area contributed by atoms with E-state index in [-0.39, 0.29) is 5.56 Å². The van der Waals surface area contributed by atoms with Crippen LogP contribution < -0.4 is 5.73 Å². The van der Waals surface area contributed by atoms with Crippen molar-refractivity contribution in [3.63, 3.8) is 0 Å². The minimum atomic E-state index is -4.80. The maximum Gasteiger partial charge on any atom is 0.413 e. The molecule has 1 heterocycles. The van der Waals surface area contributed by atoms with Gasteiger partial charge in [0.25, 0.3) is 0 Å². The molecule has 0 radical (unpaired) electrons. The number of nitrogens with two attached hydrogens (primary N) is 1. The maximum atomic E-state index is 12.7. The van der Waals surface area contributed by atoms with E-state index in [1.165, 1.54) is 18.2 Å². The van der Waals surface area contributed by atoms with Gasteiger partial charge in [-0.25, -0.2) is 0 Å². The molecule has 0 amide bonds. The molecular weight excluding hydrogens is 257 g/mol. The lowest BCUT2D eigenvalue weighted by molar-refractivity contribution is -0.165. The van der Waals surface area contributed by atoms with Gasteiger partial charge in [0.05, 0.1) is 5.52 Å². The van der Waals surface area contributed by atoms with E-state index in [4.69, 9.17) is 5.73 Å². The number of aromatic nitrogens is 1. The van der Waals surface area contributed by atoms with Crippen LogP contribution >= 0.6 is 0 Å². The van der Waals surface area contributed by atoms with Gasteiger partial charge in [0, 0.05) is 17.1 Å². The molecule has 1 atom stereocenters. The number of carbonyl (C=O) groups excluding carboxylic acids is 1. The zero-order valence-electron chi connectivity index (χ0n) is 10.0. The SMILES string of the molecule is CC(N)(C(=O)c1ccc2ncccc2c1)C(F)(F)F. The number of fused-ring (bicyclic) bond motifs is 1. The Hall–Kier alpha value is -1.95. The average molecular weight is 268 g/mol. The van der Waals surface area contributed by atoms with Crippen molar-refractivity contribution >= 4 is 16.7 Å². The van der Waals surface area contributed by atoms with E-state index in [9.17, 15) is 18.0 Å². The van der Waals surface area contributed by atoms with Crippen LogP contribution in [0.5, 0.6) is 0 Å². The molecule has 1 aromatic carbocycles. The third-order valence-electron chi connectivity index (χ3n) is 2.93. The number of nitrogens with zero attached hydrogens (tertiary/aromatic N) is 1. The number of halogens is 3. The van der Waals surface area contributed by atoms with E-state index >= 15 is 0 Å². The Morgan fingerprint density at radius 2 is 1.95 bits per heavy atom. The van der Waals surface area contributed by atoms with Crippen LogP contribution in [-0.4, -0.2) is 22.5 Å². The smallest absolute Gasteiger partial charge is 0.311 e. The number of hydrogen-bond donors (Lipinski definition) is 1. The number of rotatable bonds is 2. The monoisotopic (exact) mass is 268 g/mol. The molecule has 3 nitrogen and oxygen atoms in total. The summed E-state index contributed by atoms with van der Waals surface area (Å²) in [6, 6.07) is 7.47. The fourth-order valence-corrected chi connectivity index (χ4v) is 1.65. The first-order valence-electron chi connectivity index (χ1n) is 5.48. The Morgan fingerprint density at radius 1 is 1.26 bits per heavy atom. The van der Waals surface area contributed by atoms with Gasteiger partial charge in [-0.2, -0.15) is 13.2 Å². The lowest BCUT2D eigenvalue weighted by atomic mass is 9.91. The van der Waals surface area contributed by atoms with Gasteiger partial charge in [-0.15, -0.1) is 0 Å². The number of pyridine rings is 1. The van der Waals surface area contributed by atoms with Crippen LogP contribution in [0.15, 0.2) is 36.5 Å². The highest BCUT2D eigenvalue weighted by atomic mass is 19.4. The summed E-state index contributed by atoms with van der Waals surface area (Å²) in [4.78, 5) is 15.9. The molecule has 0 spiro atoms. The minimum absolute atomic E-state index is 0.0807. The predicted octanol–water partition coefficient (Wildman–Crippen LogP) is 2.70. The molecule has 0 fully saturated rings. The van der Waals surface area contributed by atoms with Gasteiger partial charge in [0.1, 0.15) is 0 Å². The summed E-state index contributed by atoms with van der Waals surface area (Å²) in [6.45, 7) is 0.669. The van der Waals surface area contributed by atoms with Gasteiger partial charge in [-0.1, -0.05) is 6.07 Å². The van der Waals surface area contributed by atoms with Crippen LogP contribution in [0.1, 0.15) is 17.3 Å². The normalized spacial score (nSPS) is 15.2. The molecule has 1 aromatic heterocycles. The lowest BCUT2D eigenvalue weighted by Gasteiger charge is -2.26. The first-order valence-corrected chi connectivity index (χ1v) is 5.48. The third-order valence-corrected chi connectivity index (χ3v) is 2.93. The van der Waals surface area contributed by atoms with E-state index in [0.717, 1.165) is 0 Å². The summed E-state index contributed by atoms with van der Waals surface area (Å²) in [5, 5.41) is 0.589. The van der Waals surface area contributed by atoms with Crippen molar-refractivity contribution in [1.29, 1.82) is 0 Å². The van der Waals surface area contributed by atoms with Crippen molar-refractivity contribution in [1.82, 2.24) is 4.98 Å². The van der Waals surface area contributed by atoms with Gasteiger partial charge in [0.15, 0.2) is 11.3 Å². The van der Waals surface area contributed by atoms with Gasteiger partial charge >= 0.3 is 6.18 Å². The summed E-state index contributed by atoms with van der Waals surface area (Å²) >= 11 is 0. The van der Waals surface area contributed by atoms with Crippen molar-refractivity contribution in [2.45, 2.75) is 18.6 Å². The van der Waals surface area contributed by atoms with Gasteiger partial charge in [-0.05, 0) is 31.2 Å². The molecule has 0 saturated heterocycles. The average Bonchev–Trinajstić information content (AvgIpc) is 2.36. The molecule has 2 N–H and O–H groups in total. The fourth-order valence-electron chi connectivity index (χ4n) is 1.65. The zero-order chi connectivity index (χ0) is 14.3. The number of alkyl halides is 3. The zero-order valence-corrected chi connectivity index (χ0v) is 10.0. The molecule has 100 valence electrons. The van der Waals surface area contributed by atoms with Crippen molar-refractivity contribution < 1.29 is 18.0 Å². The van der Waals surface area contributed by atoms with Crippen LogP contribution in [0.2, 0.25) is 0 Å². The standard InChI is InChI=1S/C13H11F3N2O/c1-12(17,13(14,15)16)11(19)9-4-5-10-8(7-9)3-2-6-18-10/h2-7H,17H2,1H3. The van der Waals surface area contributed by atoms with Gasteiger partial charge in [-0.3, -0.25) is 9.78 Å². The summed E-state index contributed by atoms with van der Waals surface area (Å²) in [7, 11) is 0. The third kappa shape index (κ3) is 2.31. The number of benzene rings is 1. The van der Waals surface area contributed by atoms with E-state index in [2.05, 4.69) is 4.98 Å². The molecule has 2 rings (SSSR count). The maximum absolute atomic E-state index is 12.7. The van der Waals surface area contributed by atoms with E-state index < -0.39 is 17.5 Å². The Kier molecular flexibility index (Phi) is 3.06. The molecule has 2 aromatic rings. The number of carbonyl (C=O) groups is 1. The molecular formula is C13H11F3N2O. The van der Waals surface area contributed by atoms with Crippen molar-refractivity contribution in [2.24, 2.45) is 5.73 Å². The quantitative estimate of drug-likeness (QED) is 0.852. The first kappa shape index (κ1) is 13.5.